The Balaban J connectivity index is 1.76. The fourth-order valence-corrected chi connectivity index (χ4v) is 3.33. The van der Waals surface area contributed by atoms with Gasteiger partial charge in [-0.2, -0.15) is 0 Å². The van der Waals surface area contributed by atoms with E-state index in [2.05, 4.69) is 10.2 Å². The highest BCUT2D eigenvalue weighted by atomic mass is 19.1. The lowest BCUT2D eigenvalue weighted by Gasteiger charge is -2.26. The van der Waals surface area contributed by atoms with Crippen molar-refractivity contribution < 1.29 is 18.7 Å². The first-order valence-corrected chi connectivity index (χ1v) is 8.73. The molecule has 0 aliphatic carbocycles. The molecule has 7 heteroatoms. The van der Waals surface area contributed by atoms with Crippen LogP contribution in [0.25, 0.3) is 0 Å². The summed E-state index contributed by atoms with van der Waals surface area (Å²) in [4.78, 5) is 27.9. The second-order valence-electron chi connectivity index (χ2n) is 6.56. The molecule has 2 aliphatic heterocycles. The number of anilines is 2. The maximum atomic E-state index is 13.7. The van der Waals surface area contributed by atoms with Crippen LogP contribution < -0.4 is 10.2 Å². The van der Waals surface area contributed by atoms with Crippen LogP contribution in [0.5, 0.6) is 0 Å². The molecule has 0 bridgehead atoms. The fourth-order valence-electron chi connectivity index (χ4n) is 3.33. The molecule has 0 saturated carbocycles. The third-order valence-electron chi connectivity index (χ3n) is 4.80. The standard InChI is InChI=1S/C18H24FN3O3/c1-13(23)21-6-2-7-22(9-8-21)17-4-3-15(19)11-16(17)20-18(24)14-5-10-25-12-14/h3-4,11,14H,2,5-10,12H2,1H3,(H,20,24)/t14-/m0/s1. The lowest BCUT2D eigenvalue weighted by Crippen LogP contribution is -2.34. The lowest BCUT2D eigenvalue weighted by molar-refractivity contribution is -0.128. The van der Waals surface area contributed by atoms with Crippen LogP contribution in [0, 0.1) is 11.7 Å². The third-order valence-corrected chi connectivity index (χ3v) is 4.80. The molecular weight excluding hydrogens is 325 g/mol. The van der Waals surface area contributed by atoms with Crippen LogP contribution in [0.2, 0.25) is 0 Å². The fraction of sp³-hybridized carbons (Fsp3) is 0.556. The number of amides is 2. The van der Waals surface area contributed by atoms with Gasteiger partial charge in [-0.15, -0.1) is 0 Å². The minimum Gasteiger partial charge on any atom is -0.381 e. The van der Waals surface area contributed by atoms with Crippen LogP contribution in [-0.2, 0) is 14.3 Å². The summed E-state index contributed by atoms with van der Waals surface area (Å²) in [6.45, 7) is 5.31. The van der Waals surface area contributed by atoms with Crippen molar-refractivity contribution in [2.75, 3.05) is 49.6 Å². The van der Waals surface area contributed by atoms with Crippen molar-refractivity contribution in [2.24, 2.45) is 5.92 Å². The zero-order chi connectivity index (χ0) is 17.8. The van der Waals surface area contributed by atoms with Crippen LogP contribution in [-0.4, -0.2) is 56.1 Å². The van der Waals surface area contributed by atoms with Crippen LogP contribution in [0.1, 0.15) is 19.8 Å². The molecule has 2 amide bonds. The Hall–Kier alpha value is -2.15. The second kappa shape index (κ2) is 7.82. The molecular formula is C18H24FN3O3. The topological polar surface area (TPSA) is 61.9 Å². The highest BCUT2D eigenvalue weighted by Crippen LogP contribution is 2.29. The second-order valence-corrected chi connectivity index (χ2v) is 6.56. The molecule has 2 fully saturated rings. The Morgan fingerprint density at radius 3 is 2.80 bits per heavy atom. The van der Waals surface area contributed by atoms with E-state index in [1.165, 1.54) is 12.1 Å². The molecule has 2 aliphatic rings. The summed E-state index contributed by atoms with van der Waals surface area (Å²) in [5, 5.41) is 2.86. The van der Waals surface area contributed by atoms with E-state index in [1.807, 2.05) is 4.90 Å². The summed E-state index contributed by atoms with van der Waals surface area (Å²) < 4.78 is 19.0. The van der Waals surface area contributed by atoms with Crippen molar-refractivity contribution in [3.8, 4) is 0 Å². The summed E-state index contributed by atoms with van der Waals surface area (Å²) in [6, 6.07) is 4.45. The Bertz CT molecular complexity index is 646. The summed E-state index contributed by atoms with van der Waals surface area (Å²) in [5.41, 5.74) is 1.27. The average Bonchev–Trinajstić information content (AvgIpc) is 3.00. The first kappa shape index (κ1) is 17.7. The zero-order valence-corrected chi connectivity index (χ0v) is 14.5. The predicted octanol–water partition coefficient (Wildman–Crippen LogP) is 1.86. The maximum Gasteiger partial charge on any atom is 0.229 e. The molecule has 2 saturated heterocycles. The van der Waals surface area contributed by atoms with Crippen LogP contribution in [0.3, 0.4) is 0 Å². The molecule has 1 atom stereocenters. The number of carbonyl (C=O) groups is 2. The lowest BCUT2D eigenvalue weighted by atomic mass is 10.1. The molecule has 0 unspecified atom stereocenters. The van der Waals surface area contributed by atoms with E-state index in [1.54, 1.807) is 13.0 Å². The number of nitrogens with zero attached hydrogens (tertiary/aromatic N) is 2. The summed E-state index contributed by atoms with van der Waals surface area (Å²) in [5.74, 6) is -0.643. The number of ether oxygens (including phenoxy) is 1. The van der Waals surface area contributed by atoms with E-state index in [-0.39, 0.29) is 23.5 Å². The largest absolute Gasteiger partial charge is 0.381 e. The number of carbonyl (C=O) groups excluding carboxylic acids is 2. The van der Waals surface area contributed by atoms with Crippen molar-refractivity contribution in [3.05, 3.63) is 24.0 Å². The van der Waals surface area contributed by atoms with Gasteiger partial charge in [0.2, 0.25) is 11.8 Å². The minimum absolute atomic E-state index is 0.0655. The molecule has 136 valence electrons. The van der Waals surface area contributed by atoms with Gasteiger partial charge >= 0.3 is 0 Å². The number of halogens is 1. The van der Waals surface area contributed by atoms with Crippen molar-refractivity contribution >= 4 is 23.2 Å². The first-order chi connectivity index (χ1) is 12.0. The number of nitrogens with one attached hydrogen (secondary N) is 1. The number of hydrogen-bond donors (Lipinski definition) is 1. The van der Waals surface area contributed by atoms with Gasteiger partial charge in [-0.3, -0.25) is 9.59 Å². The van der Waals surface area contributed by atoms with Crippen molar-refractivity contribution in [3.63, 3.8) is 0 Å². The van der Waals surface area contributed by atoms with Gasteiger partial charge in [-0.1, -0.05) is 0 Å². The molecule has 2 heterocycles. The molecule has 1 aromatic carbocycles. The van der Waals surface area contributed by atoms with Gasteiger partial charge in [-0.05, 0) is 31.0 Å². The minimum atomic E-state index is -0.387. The molecule has 6 nitrogen and oxygen atoms in total. The van der Waals surface area contributed by atoms with Crippen LogP contribution >= 0.6 is 0 Å². The van der Waals surface area contributed by atoms with Gasteiger partial charge in [0.15, 0.2) is 0 Å². The predicted molar refractivity (Wildman–Crippen MR) is 93.0 cm³/mol. The van der Waals surface area contributed by atoms with Gasteiger partial charge in [0, 0.05) is 39.7 Å². The van der Waals surface area contributed by atoms with E-state index < -0.39 is 0 Å². The molecule has 3 rings (SSSR count). The van der Waals surface area contributed by atoms with E-state index in [0.717, 1.165) is 18.7 Å². The average molecular weight is 349 g/mol. The Kier molecular flexibility index (Phi) is 5.53. The number of benzene rings is 1. The Morgan fingerprint density at radius 2 is 2.08 bits per heavy atom. The Morgan fingerprint density at radius 1 is 1.24 bits per heavy atom. The van der Waals surface area contributed by atoms with Gasteiger partial charge < -0.3 is 19.9 Å². The van der Waals surface area contributed by atoms with Gasteiger partial charge in [0.05, 0.1) is 23.9 Å². The van der Waals surface area contributed by atoms with Gasteiger partial charge in [0.1, 0.15) is 5.82 Å². The molecule has 0 aromatic heterocycles. The monoisotopic (exact) mass is 349 g/mol. The molecule has 0 spiro atoms. The highest BCUT2D eigenvalue weighted by Gasteiger charge is 2.25. The normalized spacial score (nSPS) is 21.1. The van der Waals surface area contributed by atoms with Crippen molar-refractivity contribution in [2.45, 2.75) is 19.8 Å². The number of hydrogen-bond acceptors (Lipinski definition) is 4. The summed E-state index contributed by atoms with van der Waals surface area (Å²) >= 11 is 0. The van der Waals surface area contributed by atoms with E-state index in [9.17, 15) is 14.0 Å². The van der Waals surface area contributed by atoms with E-state index in [4.69, 9.17) is 4.74 Å². The summed E-state index contributed by atoms with van der Waals surface area (Å²) in [7, 11) is 0. The third kappa shape index (κ3) is 4.28. The van der Waals surface area contributed by atoms with Crippen molar-refractivity contribution in [1.82, 2.24) is 4.90 Å². The SMILES string of the molecule is CC(=O)N1CCCN(c2ccc(F)cc2NC(=O)[C@H]2CCOC2)CC1. The van der Waals surface area contributed by atoms with Crippen LogP contribution in [0.15, 0.2) is 18.2 Å². The molecule has 25 heavy (non-hydrogen) atoms. The number of rotatable bonds is 3. The van der Waals surface area contributed by atoms with E-state index in [0.29, 0.717) is 45.0 Å². The van der Waals surface area contributed by atoms with Crippen LogP contribution in [0.4, 0.5) is 15.8 Å². The molecule has 1 aromatic rings. The summed E-state index contributed by atoms with van der Waals surface area (Å²) in [6.07, 6.45) is 1.52. The molecule has 0 radical (unpaired) electrons. The maximum absolute atomic E-state index is 13.7. The van der Waals surface area contributed by atoms with E-state index >= 15 is 0 Å². The Labute approximate surface area is 146 Å². The quantitative estimate of drug-likeness (QED) is 0.905. The highest BCUT2D eigenvalue weighted by molar-refractivity contribution is 5.96. The van der Waals surface area contributed by atoms with Gasteiger partial charge in [0.25, 0.3) is 0 Å². The zero-order valence-electron chi connectivity index (χ0n) is 14.5. The molecule has 1 N–H and O–H groups in total. The smallest absolute Gasteiger partial charge is 0.229 e. The first-order valence-electron chi connectivity index (χ1n) is 8.73. The van der Waals surface area contributed by atoms with Gasteiger partial charge in [-0.25, -0.2) is 4.39 Å². The van der Waals surface area contributed by atoms with Crippen molar-refractivity contribution in [1.29, 1.82) is 0 Å².